The second-order valence-corrected chi connectivity index (χ2v) is 19.9. The molecule has 1 unspecified atom stereocenters. The Labute approximate surface area is 124 Å². The van der Waals surface area contributed by atoms with Crippen LogP contribution in [-0.4, -0.2) is 23.0 Å². The molecule has 1 atom stereocenters. The lowest BCUT2D eigenvalue weighted by Gasteiger charge is -2.47. The Balaban J connectivity index is 5.08. The van der Waals surface area contributed by atoms with Crippen LogP contribution in [0.15, 0.2) is 0 Å². The van der Waals surface area contributed by atoms with Gasteiger partial charge in [0.25, 0.3) is 0 Å². The summed E-state index contributed by atoms with van der Waals surface area (Å²) in [6.07, 6.45) is 2.44. The van der Waals surface area contributed by atoms with Gasteiger partial charge in [0, 0.05) is 6.61 Å². The maximum Gasteiger partial charge on any atom is 0.192 e. The van der Waals surface area contributed by atoms with Crippen LogP contribution in [-0.2, 0) is 4.43 Å². The molecule has 0 aromatic rings. The van der Waals surface area contributed by atoms with Gasteiger partial charge in [0.1, 0.15) is 0 Å². The first-order valence-electron chi connectivity index (χ1n) is 7.91. The molecule has 19 heavy (non-hydrogen) atoms. The van der Waals surface area contributed by atoms with Crippen molar-refractivity contribution in [3.8, 4) is 0 Å². The van der Waals surface area contributed by atoms with Gasteiger partial charge in [-0.2, -0.15) is 0 Å². The zero-order chi connectivity index (χ0) is 15.5. The topological polar surface area (TPSA) is 9.23 Å². The van der Waals surface area contributed by atoms with Crippen LogP contribution in [0.25, 0.3) is 0 Å². The molecular formula is C16H38OSi2. The number of rotatable bonds is 6. The predicted octanol–water partition coefficient (Wildman–Crippen LogP) is 6.23. The fraction of sp³-hybridized carbons (Fsp3) is 1.00. The normalized spacial score (nSPS) is 17.4. The highest BCUT2D eigenvalue weighted by molar-refractivity contribution is 6.95. The van der Waals surface area contributed by atoms with Crippen molar-refractivity contribution in [3.05, 3.63) is 0 Å². The van der Waals surface area contributed by atoms with E-state index in [-0.39, 0.29) is 0 Å². The molecule has 0 aliphatic carbocycles. The zero-order valence-electron chi connectivity index (χ0n) is 15.2. The molecule has 0 spiro atoms. The summed E-state index contributed by atoms with van der Waals surface area (Å²) >= 11 is 0. The zero-order valence-corrected chi connectivity index (χ0v) is 17.2. The van der Waals surface area contributed by atoms with E-state index in [2.05, 4.69) is 68.1 Å². The fourth-order valence-corrected chi connectivity index (χ4v) is 14.5. The molecule has 0 aliphatic heterocycles. The lowest BCUT2D eigenvalue weighted by Crippen LogP contribution is -2.53. The Morgan fingerprint density at radius 1 is 0.842 bits per heavy atom. The molecule has 3 heteroatoms. The van der Waals surface area contributed by atoms with Gasteiger partial charge in [0.2, 0.25) is 0 Å². The minimum Gasteiger partial charge on any atom is -0.417 e. The Morgan fingerprint density at radius 2 is 1.32 bits per heavy atom. The Hall–Kier alpha value is 0.394. The van der Waals surface area contributed by atoms with E-state index in [9.17, 15) is 0 Å². The molecule has 0 saturated heterocycles. The van der Waals surface area contributed by atoms with E-state index in [0.29, 0.717) is 10.1 Å². The Kier molecular flexibility index (Phi) is 6.57. The van der Waals surface area contributed by atoms with Crippen molar-refractivity contribution in [2.24, 2.45) is 0 Å². The van der Waals surface area contributed by atoms with Crippen molar-refractivity contribution in [1.29, 1.82) is 0 Å². The summed E-state index contributed by atoms with van der Waals surface area (Å²) in [5.74, 6) is 0. The largest absolute Gasteiger partial charge is 0.417 e. The summed E-state index contributed by atoms with van der Waals surface area (Å²) in [5, 5.41) is 0.789. The van der Waals surface area contributed by atoms with Crippen LogP contribution in [0, 0.1) is 0 Å². The van der Waals surface area contributed by atoms with Crippen molar-refractivity contribution < 1.29 is 4.43 Å². The van der Waals surface area contributed by atoms with Gasteiger partial charge in [-0.15, -0.1) is 0 Å². The van der Waals surface area contributed by atoms with Gasteiger partial charge < -0.3 is 4.43 Å². The van der Waals surface area contributed by atoms with E-state index >= 15 is 0 Å². The molecule has 0 bridgehead atoms. The molecule has 0 radical (unpaired) electrons. The molecular weight excluding hydrogens is 264 g/mol. The number of hydrogen-bond acceptors (Lipinski definition) is 1. The Bertz CT molecular complexity index is 273. The van der Waals surface area contributed by atoms with E-state index < -0.39 is 16.4 Å². The van der Waals surface area contributed by atoms with Crippen LogP contribution >= 0.6 is 0 Å². The van der Waals surface area contributed by atoms with Crippen LogP contribution in [0.1, 0.15) is 61.3 Å². The number of unbranched alkanes of at least 4 members (excludes halogenated alkanes) is 1. The van der Waals surface area contributed by atoms with Gasteiger partial charge in [0.05, 0.1) is 8.07 Å². The lowest BCUT2D eigenvalue weighted by atomic mass is 10.2. The summed E-state index contributed by atoms with van der Waals surface area (Å²) in [6, 6.07) is 0. The first-order valence-corrected chi connectivity index (χ1v) is 13.7. The second kappa shape index (κ2) is 6.44. The van der Waals surface area contributed by atoms with E-state index in [4.69, 9.17) is 4.43 Å². The summed E-state index contributed by atoms with van der Waals surface area (Å²) < 4.78 is 6.54. The van der Waals surface area contributed by atoms with Gasteiger partial charge >= 0.3 is 0 Å². The van der Waals surface area contributed by atoms with Gasteiger partial charge in [0.15, 0.2) is 8.32 Å². The van der Waals surface area contributed by atoms with Crippen LogP contribution in [0.5, 0.6) is 0 Å². The SMILES string of the molecule is CCCCO[Si](C)(C[Si](C)(C)C(C)(C)C)C(C)(C)C. The second-order valence-electron chi connectivity index (χ2n) is 8.99. The van der Waals surface area contributed by atoms with Crippen LogP contribution in [0.3, 0.4) is 0 Å². The molecule has 0 amide bonds. The third-order valence-electron chi connectivity index (χ3n) is 5.31. The third kappa shape index (κ3) is 5.35. The molecule has 0 N–H and O–H groups in total. The van der Waals surface area contributed by atoms with Gasteiger partial charge in [-0.05, 0) is 28.7 Å². The van der Waals surface area contributed by atoms with Gasteiger partial charge in [-0.3, -0.25) is 0 Å². The maximum atomic E-state index is 6.54. The van der Waals surface area contributed by atoms with Crippen molar-refractivity contribution in [2.45, 2.75) is 96.7 Å². The lowest BCUT2D eigenvalue weighted by molar-refractivity contribution is 0.279. The van der Waals surface area contributed by atoms with Crippen molar-refractivity contribution in [2.75, 3.05) is 6.61 Å². The highest BCUT2D eigenvalue weighted by Gasteiger charge is 2.49. The first-order chi connectivity index (χ1) is 8.27. The van der Waals surface area contributed by atoms with Gasteiger partial charge in [-0.25, -0.2) is 0 Å². The van der Waals surface area contributed by atoms with E-state index in [1.54, 1.807) is 0 Å². The average Bonchev–Trinajstić information content (AvgIpc) is 2.13. The van der Waals surface area contributed by atoms with Crippen LogP contribution in [0.2, 0.25) is 35.4 Å². The molecule has 0 saturated carbocycles. The fourth-order valence-electron chi connectivity index (χ4n) is 2.08. The molecule has 1 nitrogen and oxygen atoms in total. The first kappa shape index (κ1) is 19.4. The minimum absolute atomic E-state index is 0.330. The van der Waals surface area contributed by atoms with Crippen molar-refractivity contribution >= 4 is 16.4 Å². The van der Waals surface area contributed by atoms with E-state index in [1.807, 2.05) is 0 Å². The summed E-state index contributed by atoms with van der Waals surface area (Å²) in [4.78, 5) is 0. The summed E-state index contributed by atoms with van der Waals surface area (Å²) in [7, 11) is -2.95. The molecule has 0 fully saturated rings. The molecule has 116 valence electrons. The highest BCUT2D eigenvalue weighted by atomic mass is 28.4. The molecule has 0 heterocycles. The van der Waals surface area contributed by atoms with Crippen molar-refractivity contribution in [1.82, 2.24) is 0 Å². The number of hydrogen-bond donors (Lipinski definition) is 0. The van der Waals surface area contributed by atoms with E-state index in [1.165, 1.54) is 18.5 Å². The predicted molar refractivity (Wildman–Crippen MR) is 94.2 cm³/mol. The maximum absolute atomic E-state index is 6.54. The highest BCUT2D eigenvalue weighted by Crippen LogP contribution is 2.47. The van der Waals surface area contributed by atoms with Crippen LogP contribution < -0.4 is 0 Å². The molecule has 0 aromatic carbocycles. The molecule has 0 aliphatic rings. The summed E-state index contributed by atoms with van der Waals surface area (Å²) in [6.45, 7) is 25.2. The van der Waals surface area contributed by atoms with Crippen molar-refractivity contribution in [3.63, 3.8) is 0 Å². The van der Waals surface area contributed by atoms with Gasteiger partial charge in [-0.1, -0.05) is 68.0 Å². The molecule has 0 rings (SSSR count). The van der Waals surface area contributed by atoms with E-state index in [0.717, 1.165) is 6.61 Å². The third-order valence-corrected chi connectivity index (χ3v) is 19.6. The Morgan fingerprint density at radius 3 is 1.63 bits per heavy atom. The summed E-state index contributed by atoms with van der Waals surface area (Å²) in [5.41, 5.74) is 1.37. The minimum atomic E-state index is -1.67. The van der Waals surface area contributed by atoms with Crippen LogP contribution in [0.4, 0.5) is 0 Å². The quantitative estimate of drug-likeness (QED) is 0.417. The molecule has 0 aromatic heterocycles. The standard InChI is InChI=1S/C16H38OSi2/c1-11-12-13-17-19(10,16(5,6)7)14-18(8,9)15(2,3)4/h11-14H2,1-10H3. The monoisotopic (exact) mass is 302 g/mol. The average molecular weight is 303 g/mol. The smallest absolute Gasteiger partial charge is 0.192 e.